The predicted octanol–water partition coefficient (Wildman–Crippen LogP) is 6.62. The Morgan fingerprint density at radius 2 is 1.74 bits per heavy atom. The first-order valence-corrected chi connectivity index (χ1v) is 12.9. The van der Waals surface area contributed by atoms with Crippen molar-refractivity contribution in [2.45, 2.75) is 59.7 Å². The predicted molar refractivity (Wildman–Crippen MR) is 141 cm³/mol. The Kier molecular flexibility index (Phi) is 9.43. The van der Waals surface area contributed by atoms with Crippen molar-refractivity contribution in [2.24, 2.45) is 0 Å². The molecule has 5 nitrogen and oxygen atoms in total. The minimum Gasteiger partial charge on any atom is -0.332 e. The van der Waals surface area contributed by atoms with E-state index in [1.807, 2.05) is 63.4 Å². The van der Waals surface area contributed by atoms with E-state index in [0.29, 0.717) is 13.1 Å². The Labute approximate surface area is 211 Å². The lowest BCUT2D eigenvalue weighted by molar-refractivity contribution is -0.133. The molecule has 35 heavy (non-hydrogen) atoms. The molecule has 0 aliphatic heterocycles. The van der Waals surface area contributed by atoms with Crippen LogP contribution in [0.4, 0.5) is 14.9 Å². The van der Waals surface area contributed by atoms with Crippen molar-refractivity contribution in [1.29, 1.82) is 0 Å². The summed E-state index contributed by atoms with van der Waals surface area (Å²) < 4.78 is 13.4. The fraction of sp³-hybridized carbons (Fsp3) is 0.357. The fourth-order valence-electron chi connectivity index (χ4n) is 3.81. The van der Waals surface area contributed by atoms with Crippen molar-refractivity contribution < 1.29 is 14.0 Å². The van der Waals surface area contributed by atoms with Crippen molar-refractivity contribution >= 4 is 29.0 Å². The van der Waals surface area contributed by atoms with E-state index >= 15 is 0 Å². The van der Waals surface area contributed by atoms with Gasteiger partial charge in [0.05, 0.1) is 6.54 Å². The van der Waals surface area contributed by atoms with Gasteiger partial charge in [-0.25, -0.2) is 9.18 Å². The van der Waals surface area contributed by atoms with E-state index in [4.69, 9.17) is 0 Å². The summed E-state index contributed by atoms with van der Waals surface area (Å²) in [5.74, 6) is -0.464. The summed E-state index contributed by atoms with van der Waals surface area (Å²) in [4.78, 5) is 31.4. The maximum absolute atomic E-state index is 13.6. The van der Waals surface area contributed by atoms with Crippen LogP contribution in [0.15, 0.2) is 60.0 Å². The number of urea groups is 1. The van der Waals surface area contributed by atoms with Crippen LogP contribution >= 0.6 is 11.3 Å². The van der Waals surface area contributed by atoms with Gasteiger partial charge in [-0.05, 0) is 73.0 Å². The number of hydrogen-bond acceptors (Lipinski definition) is 3. The number of nitrogens with one attached hydrogen (secondary N) is 1. The van der Waals surface area contributed by atoms with Gasteiger partial charge < -0.3 is 15.1 Å². The summed E-state index contributed by atoms with van der Waals surface area (Å²) in [6.07, 6.45) is 1.52. The van der Waals surface area contributed by atoms with E-state index in [9.17, 15) is 14.0 Å². The lowest BCUT2D eigenvalue weighted by Gasteiger charge is -2.31. The number of rotatable bonds is 10. The number of carbonyl (C=O) groups excluding carboxylic acids is 2. The maximum atomic E-state index is 13.6. The highest BCUT2D eigenvalue weighted by molar-refractivity contribution is 7.10. The Hall–Kier alpha value is -3.19. The molecule has 3 rings (SSSR count). The molecule has 186 valence electrons. The Balaban J connectivity index is 1.82. The van der Waals surface area contributed by atoms with Gasteiger partial charge in [0.2, 0.25) is 5.91 Å². The average molecular weight is 496 g/mol. The monoisotopic (exact) mass is 495 g/mol. The summed E-state index contributed by atoms with van der Waals surface area (Å²) in [5.41, 5.74) is 3.77. The van der Waals surface area contributed by atoms with Crippen LogP contribution in [0.2, 0.25) is 0 Å². The Bertz CT molecular complexity index is 1130. The molecule has 0 radical (unpaired) electrons. The molecule has 1 aromatic heterocycles. The van der Waals surface area contributed by atoms with Crippen molar-refractivity contribution in [3.8, 4) is 0 Å². The molecule has 3 aromatic rings. The lowest BCUT2D eigenvalue weighted by Crippen LogP contribution is -2.48. The SMILES string of the molecule is CCc1ccccc1NC(=O)N(CC(=O)N(Cc1ccc(F)cc1)Cc1sccc1C)C(C)CC. The summed E-state index contributed by atoms with van der Waals surface area (Å²) in [6, 6.07) is 15.5. The number of amides is 3. The highest BCUT2D eigenvalue weighted by Crippen LogP contribution is 2.21. The van der Waals surface area contributed by atoms with Gasteiger partial charge in [0.15, 0.2) is 0 Å². The Morgan fingerprint density at radius 1 is 1.03 bits per heavy atom. The minimum atomic E-state index is -0.312. The standard InChI is InChI=1S/C28H34FN3O2S/c1-5-21(4)32(28(34)30-25-10-8-7-9-23(25)6-2)19-27(33)31(18-26-20(3)15-16-35-26)17-22-11-13-24(29)14-12-22/h7-16,21H,5-6,17-19H2,1-4H3,(H,30,34). The van der Waals surface area contributed by atoms with Gasteiger partial charge in [0.25, 0.3) is 0 Å². The third-order valence-electron chi connectivity index (χ3n) is 6.27. The van der Waals surface area contributed by atoms with Crippen molar-refractivity contribution in [1.82, 2.24) is 9.80 Å². The van der Waals surface area contributed by atoms with Crippen LogP contribution in [0.25, 0.3) is 0 Å². The smallest absolute Gasteiger partial charge is 0.322 e. The van der Waals surface area contributed by atoms with E-state index in [1.165, 1.54) is 12.1 Å². The normalized spacial score (nSPS) is 11.7. The van der Waals surface area contributed by atoms with Crippen LogP contribution < -0.4 is 5.32 Å². The number of halogens is 1. The van der Waals surface area contributed by atoms with Crippen LogP contribution in [0.5, 0.6) is 0 Å². The molecule has 0 aliphatic carbocycles. The van der Waals surface area contributed by atoms with Gasteiger partial charge in [0, 0.05) is 23.2 Å². The topological polar surface area (TPSA) is 52.7 Å². The molecule has 0 fully saturated rings. The lowest BCUT2D eigenvalue weighted by atomic mass is 10.1. The van der Waals surface area contributed by atoms with Gasteiger partial charge in [-0.15, -0.1) is 11.3 Å². The second-order valence-electron chi connectivity index (χ2n) is 8.73. The van der Waals surface area contributed by atoms with E-state index in [-0.39, 0.29) is 30.3 Å². The molecule has 0 saturated carbocycles. The third-order valence-corrected chi connectivity index (χ3v) is 7.28. The molecule has 1 atom stereocenters. The number of para-hydroxylation sites is 1. The quantitative estimate of drug-likeness (QED) is 0.344. The summed E-state index contributed by atoms with van der Waals surface area (Å²) in [5, 5.41) is 5.02. The average Bonchev–Trinajstić information content (AvgIpc) is 3.27. The Morgan fingerprint density at radius 3 is 2.37 bits per heavy atom. The third kappa shape index (κ3) is 7.15. The minimum absolute atomic E-state index is 0.0409. The van der Waals surface area contributed by atoms with Crippen molar-refractivity contribution in [3.05, 3.63) is 87.4 Å². The molecule has 1 heterocycles. The summed E-state index contributed by atoms with van der Waals surface area (Å²) in [6.45, 7) is 8.75. The van der Waals surface area contributed by atoms with Crippen LogP contribution in [0, 0.1) is 12.7 Å². The second-order valence-corrected chi connectivity index (χ2v) is 9.73. The number of thiophene rings is 1. The summed E-state index contributed by atoms with van der Waals surface area (Å²) in [7, 11) is 0. The largest absolute Gasteiger partial charge is 0.332 e. The molecule has 0 spiro atoms. The highest BCUT2D eigenvalue weighted by atomic mass is 32.1. The first-order valence-electron chi connectivity index (χ1n) is 12.0. The molecule has 0 aliphatic rings. The summed E-state index contributed by atoms with van der Waals surface area (Å²) >= 11 is 1.60. The van der Waals surface area contributed by atoms with E-state index in [2.05, 4.69) is 5.32 Å². The van der Waals surface area contributed by atoms with Crippen LogP contribution in [0.3, 0.4) is 0 Å². The first kappa shape index (κ1) is 26.4. The number of aryl methyl sites for hydroxylation is 2. The molecular formula is C28H34FN3O2S. The number of hydrogen-bond donors (Lipinski definition) is 1. The molecule has 7 heteroatoms. The van der Waals surface area contributed by atoms with E-state index < -0.39 is 0 Å². The zero-order valence-electron chi connectivity index (χ0n) is 20.9. The number of nitrogens with zero attached hydrogens (tertiary/aromatic N) is 2. The van der Waals surface area contributed by atoms with Gasteiger partial charge in [-0.1, -0.05) is 44.2 Å². The van der Waals surface area contributed by atoms with Gasteiger partial charge in [-0.2, -0.15) is 0 Å². The van der Waals surface area contributed by atoms with E-state index in [1.54, 1.807) is 33.3 Å². The number of anilines is 1. The molecule has 0 bridgehead atoms. The molecule has 2 aromatic carbocycles. The van der Waals surface area contributed by atoms with Gasteiger partial charge in [0.1, 0.15) is 12.4 Å². The number of benzene rings is 2. The van der Waals surface area contributed by atoms with Crippen LogP contribution in [-0.2, 0) is 24.3 Å². The molecule has 1 unspecified atom stereocenters. The molecular weight excluding hydrogens is 461 g/mol. The molecule has 3 amide bonds. The first-order chi connectivity index (χ1) is 16.8. The highest BCUT2D eigenvalue weighted by Gasteiger charge is 2.26. The zero-order chi connectivity index (χ0) is 25.4. The van der Waals surface area contributed by atoms with Crippen LogP contribution in [-0.4, -0.2) is 34.3 Å². The van der Waals surface area contributed by atoms with Crippen LogP contribution in [0.1, 0.15) is 48.8 Å². The molecule has 0 saturated heterocycles. The van der Waals surface area contributed by atoms with Crippen molar-refractivity contribution in [2.75, 3.05) is 11.9 Å². The van der Waals surface area contributed by atoms with E-state index in [0.717, 1.165) is 40.1 Å². The fourth-order valence-corrected chi connectivity index (χ4v) is 4.73. The van der Waals surface area contributed by atoms with Crippen molar-refractivity contribution in [3.63, 3.8) is 0 Å². The molecule has 1 N–H and O–H groups in total. The maximum Gasteiger partial charge on any atom is 0.322 e. The zero-order valence-corrected chi connectivity index (χ0v) is 21.7. The van der Waals surface area contributed by atoms with Gasteiger partial charge in [-0.3, -0.25) is 4.79 Å². The number of carbonyl (C=O) groups is 2. The second kappa shape index (κ2) is 12.5. The van der Waals surface area contributed by atoms with Gasteiger partial charge >= 0.3 is 6.03 Å².